The summed E-state index contributed by atoms with van der Waals surface area (Å²) in [5, 5.41) is 11.9. The number of cyclic esters (lactones) is 1. The summed E-state index contributed by atoms with van der Waals surface area (Å²) in [7, 11) is 0. The maximum atomic E-state index is 12.4. The fraction of sp³-hybridized carbons (Fsp3) is 0.353. The maximum Gasteiger partial charge on any atom is 0.375 e. The number of ether oxygens (including phenoxy) is 1. The van der Waals surface area contributed by atoms with Crippen LogP contribution in [0.25, 0.3) is 0 Å². The van der Waals surface area contributed by atoms with E-state index in [-0.39, 0.29) is 30.2 Å². The molecule has 0 radical (unpaired) electrons. The van der Waals surface area contributed by atoms with Crippen molar-refractivity contribution in [3.05, 3.63) is 35.9 Å². The van der Waals surface area contributed by atoms with Gasteiger partial charge in [0, 0.05) is 12.8 Å². The first-order valence-electron chi connectivity index (χ1n) is 8.33. The first-order chi connectivity index (χ1) is 13.4. The zero-order chi connectivity index (χ0) is 20.3. The van der Waals surface area contributed by atoms with Crippen molar-refractivity contribution < 1.29 is 43.5 Å². The standard InChI is InChI=1S/C17H16N2O9/c20-12-7-6-11(27-12)17(25)28-19-15(22)10(8-26-19)18-14(21)13(16(23)24)9-4-2-1-3-5-9/h1-5,10-11,13H,6-8H2,(H,18,21)(H,23,24). The summed E-state index contributed by atoms with van der Waals surface area (Å²) >= 11 is 0. The fourth-order valence-corrected chi connectivity index (χ4v) is 2.72. The molecule has 11 heteroatoms. The van der Waals surface area contributed by atoms with Crippen molar-refractivity contribution in [3.8, 4) is 0 Å². The van der Waals surface area contributed by atoms with Gasteiger partial charge in [0.2, 0.25) is 12.0 Å². The third-order valence-corrected chi connectivity index (χ3v) is 4.12. The smallest absolute Gasteiger partial charge is 0.375 e. The highest BCUT2D eigenvalue weighted by molar-refractivity contribution is 6.04. The molecule has 2 aliphatic rings. The minimum atomic E-state index is -1.52. The van der Waals surface area contributed by atoms with Gasteiger partial charge in [-0.1, -0.05) is 30.3 Å². The van der Waals surface area contributed by atoms with Crippen LogP contribution in [0.2, 0.25) is 0 Å². The number of esters is 1. The predicted octanol–water partition coefficient (Wildman–Crippen LogP) is -0.723. The van der Waals surface area contributed by atoms with Crippen LogP contribution in [0.5, 0.6) is 0 Å². The Labute approximate surface area is 158 Å². The molecule has 0 aliphatic carbocycles. The van der Waals surface area contributed by atoms with E-state index < -0.39 is 47.8 Å². The van der Waals surface area contributed by atoms with E-state index in [9.17, 15) is 29.1 Å². The number of rotatable bonds is 6. The molecule has 2 saturated heterocycles. The molecule has 2 heterocycles. The summed E-state index contributed by atoms with van der Waals surface area (Å²) in [6.45, 7) is -0.358. The number of aliphatic carboxylic acids is 1. The first-order valence-corrected chi connectivity index (χ1v) is 8.33. The molecule has 0 aromatic heterocycles. The molecule has 28 heavy (non-hydrogen) atoms. The lowest BCUT2D eigenvalue weighted by molar-refractivity contribution is -0.306. The van der Waals surface area contributed by atoms with Gasteiger partial charge in [0.15, 0.2) is 5.92 Å². The van der Waals surface area contributed by atoms with Crippen LogP contribution in [0.1, 0.15) is 24.3 Å². The van der Waals surface area contributed by atoms with E-state index in [4.69, 9.17) is 14.4 Å². The van der Waals surface area contributed by atoms with Gasteiger partial charge < -0.3 is 20.0 Å². The molecule has 0 spiro atoms. The Kier molecular flexibility index (Phi) is 5.54. The second-order valence-corrected chi connectivity index (χ2v) is 6.06. The number of hydroxylamine groups is 2. The molecule has 0 saturated carbocycles. The molecule has 1 aromatic carbocycles. The van der Waals surface area contributed by atoms with E-state index in [2.05, 4.69) is 5.32 Å². The number of carbonyl (C=O) groups is 5. The van der Waals surface area contributed by atoms with E-state index in [1.807, 2.05) is 0 Å². The van der Waals surface area contributed by atoms with Crippen LogP contribution in [0, 0.1) is 0 Å². The van der Waals surface area contributed by atoms with Gasteiger partial charge in [0.05, 0.1) is 0 Å². The zero-order valence-corrected chi connectivity index (χ0v) is 14.4. The lowest BCUT2D eigenvalue weighted by Gasteiger charge is -2.16. The molecule has 2 N–H and O–H groups in total. The van der Waals surface area contributed by atoms with Crippen molar-refractivity contribution in [2.45, 2.75) is 30.9 Å². The molecule has 2 aliphatic heterocycles. The molecular weight excluding hydrogens is 376 g/mol. The van der Waals surface area contributed by atoms with Gasteiger partial charge in [0.1, 0.15) is 12.6 Å². The number of nitrogens with one attached hydrogen (secondary N) is 1. The third kappa shape index (κ3) is 4.09. The van der Waals surface area contributed by atoms with Crippen LogP contribution in [-0.4, -0.2) is 58.8 Å². The average molecular weight is 392 g/mol. The molecule has 3 atom stereocenters. The van der Waals surface area contributed by atoms with Gasteiger partial charge in [-0.2, -0.15) is 0 Å². The molecule has 3 rings (SSSR count). The molecule has 11 nitrogen and oxygen atoms in total. The van der Waals surface area contributed by atoms with Crippen molar-refractivity contribution in [1.29, 1.82) is 0 Å². The zero-order valence-electron chi connectivity index (χ0n) is 14.4. The third-order valence-electron chi connectivity index (χ3n) is 4.12. The minimum Gasteiger partial charge on any atom is -0.480 e. The van der Waals surface area contributed by atoms with Gasteiger partial charge in [0.25, 0.3) is 0 Å². The van der Waals surface area contributed by atoms with Gasteiger partial charge in [-0.3, -0.25) is 19.2 Å². The normalized spacial score (nSPS) is 22.5. The Morgan fingerprint density at radius 2 is 1.93 bits per heavy atom. The second kappa shape index (κ2) is 8.05. The molecule has 2 amide bonds. The van der Waals surface area contributed by atoms with E-state index in [0.29, 0.717) is 0 Å². The van der Waals surface area contributed by atoms with Crippen LogP contribution < -0.4 is 5.32 Å². The average Bonchev–Trinajstić information content (AvgIpc) is 3.23. The van der Waals surface area contributed by atoms with Crippen molar-refractivity contribution in [2.24, 2.45) is 0 Å². The number of benzene rings is 1. The topological polar surface area (TPSA) is 149 Å². The highest BCUT2D eigenvalue weighted by atomic mass is 17.0. The SMILES string of the molecule is O=C1CCC(C(=O)ON2OCC(NC(=O)C(C(=O)O)c3ccccc3)C2=O)O1. The fourth-order valence-electron chi connectivity index (χ4n) is 2.72. The minimum absolute atomic E-state index is 0.0588. The Hall–Kier alpha value is -3.47. The van der Waals surface area contributed by atoms with Crippen LogP contribution in [-0.2, 0) is 38.4 Å². The van der Waals surface area contributed by atoms with E-state index in [1.54, 1.807) is 18.2 Å². The Balaban J connectivity index is 1.60. The molecule has 1 aromatic rings. The summed E-state index contributed by atoms with van der Waals surface area (Å²) in [4.78, 5) is 68.7. The summed E-state index contributed by atoms with van der Waals surface area (Å²) in [6.07, 6.45) is -0.951. The van der Waals surface area contributed by atoms with Crippen molar-refractivity contribution >= 4 is 29.7 Å². The summed E-state index contributed by atoms with van der Waals surface area (Å²) < 4.78 is 4.72. The summed E-state index contributed by atoms with van der Waals surface area (Å²) in [6, 6.07) is 6.54. The molecule has 3 unspecified atom stereocenters. The lowest BCUT2D eigenvalue weighted by Crippen LogP contribution is -2.46. The Bertz CT molecular complexity index is 810. The van der Waals surface area contributed by atoms with Crippen LogP contribution >= 0.6 is 0 Å². The van der Waals surface area contributed by atoms with Gasteiger partial charge >= 0.3 is 23.8 Å². The molecular formula is C17H16N2O9. The first kappa shape index (κ1) is 19.3. The number of hydrogen-bond donors (Lipinski definition) is 2. The number of carbonyl (C=O) groups excluding carboxylic acids is 4. The predicted molar refractivity (Wildman–Crippen MR) is 86.8 cm³/mol. The van der Waals surface area contributed by atoms with Gasteiger partial charge in [-0.05, 0) is 10.8 Å². The molecule has 0 bridgehead atoms. The Morgan fingerprint density at radius 1 is 1.21 bits per heavy atom. The number of carboxylic acids is 1. The quantitative estimate of drug-likeness (QED) is 0.472. The van der Waals surface area contributed by atoms with Crippen LogP contribution in [0.4, 0.5) is 0 Å². The monoisotopic (exact) mass is 392 g/mol. The van der Waals surface area contributed by atoms with Crippen molar-refractivity contribution in [3.63, 3.8) is 0 Å². The van der Waals surface area contributed by atoms with E-state index >= 15 is 0 Å². The second-order valence-electron chi connectivity index (χ2n) is 6.06. The van der Waals surface area contributed by atoms with E-state index in [1.165, 1.54) is 12.1 Å². The van der Waals surface area contributed by atoms with Crippen LogP contribution in [0.3, 0.4) is 0 Å². The Morgan fingerprint density at radius 3 is 2.54 bits per heavy atom. The highest BCUT2D eigenvalue weighted by Gasteiger charge is 2.42. The van der Waals surface area contributed by atoms with Gasteiger partial charge in [-0.25, -0.2) is 9.63 Å². The number of hydrogen-bond acceptors (Lipinski definition) is 8. The molecule has 148 valence electrons. The van der Waals surface area contributed by atoms with Crippen molar-refractivity contribution in [1.82, 2.24) is 10.5 Å². The van der Waals surface area contributed by atoms with Crippen molar-refractivity contribution in [2.75, 3.05) is 6.61 Å². The van der Waals surface area contributed by atoms with E-state index in [0.717, 1.165) is 0 Å². The van der Waals surface area contributed by atoms with Crippen LogP contribution in [0.15, 0.2) is 30.3 Å². The maximum absolute atomic E-state index is 12.4. The summed E-state index contributed by atoms with van der Waals surface area (Å²) in [5.74, 6) is -6.27. The largest absolute Gasteiger partial charge is 0.480 e. The number of carboxylic acid groups (broad SMARTS) is 1. The molecule has 2 fully saturated rings. The van der Waals surface area contributed by atoms with Gasteiger partial charge in [-0.15, -0.1) is 0 Å². The number of nitrogens with zero attached hydrogens (tertiary/aromatic N) is 1. The highest BCUT2D eigenvalue weighted by Crippen LogP contribution is 2.19. The lowest BCUT2D eigenvalue weighted by atomic mass is 9.98. The number of amides is 2. The summed E-state index contributed by atoms with van der Waals surface area (Å²) in [5.41, 5.74) is 0.241.